The molecule has 0 saturated carbocycles. The second-order valence-electron chi connectivity index (χ2n) is 11.2. The van der Waals surface area contributed by atoms with Crippen molar-refractivity contribution in [1.82, 2.24) is 19.8 Å². The summed E-state index contributed by atoms with van der Waals surface area (Å²) in [7, 11) is 0. The summed E-state index contributed by atoms with van der Waals surface area (Å²) < 4.78 is 30.6. The lowest BCUT2D eigenvalue weighted by molar-refractivity contribution is -0.140. The Balaban J connectivity index is 0.00000151. The lowest BCUT2D eigenvalue weighted by Crippen LogP contribution is -2.47. The van der Waals surface area contributed by atoms with Crippen molar-refractivity contribution in [2.45, 2.75) is 74.9 Å². The van der Waals surface area contributed by atoms with E-state index < -0.39 is 35.6 Å². The Hall–Kier alpha value is -3.87. The van der Waals surface area contributed by atoms with Gasteiger partial charge in [0.15, 0.2) is 0 Å². The molecule has 272 valence electrons. The van der Waals surface area contributed by atoms with Crippen molar-refractivity contribution in [2.75, 3.05) is 25.4 Å². The van der Waals surface area contributed by atoms with Gasteiger partial charge in [-0.1, -0.05) is 92.6 Å². The van der Waals surface area contributed by atoms with Crippen molar-refractivity contribution in [3.8, 4) is 11.3 Å². The van der Waals surface area contributed by atoms with Crippen LogP contribution in [0, 0.1) is 23.0 Å². The molecule has 3 aromatic rings. The number of hydrogen-bond acceptors (Lipinski definition) is 7. The lowest BCUT2D eigenvalue weighted by atomic mass is 9.84. The first kappa shape index (κ1) is 45.1. The van der Waals surface area contributed by atoms with Crippen LogP contribution in [0.2, 0.25) is 0 Å². The van der Waals surface area contributed by atoms with Crippen LogP contribution in [-0.2, 0) is 20.9 Å². The molecule has 2 aromatic carbocycles. The second kappa shape index (κ2) is 23.5. The highest BCUT2D eigenvalue weighted by molar-refractivity contribution is 7.80. The minimum atomic E-state index is -0.679. The zero-order valence-corrected chi connectivity index (χ0v) is 31.2. The van der Waals surface area contributed by atoms with Crippen LogP contribution in [-0.4, -0.2) is 62.7 Å². The Kier molecular flexibility index (Phi) is 21.6. The number of benzene rings is 2. The maximum atomic E-state index is 14.7. The molecule has 3 amide bonds. The predicted octanol–water partition coefficient (Wildman–Crippen LogP) is 6.57. The number of imide groups is 1. The standard InChI is InChI=1S/C27H34F2N4O2S.C4H3NO2.3C2H6/c1-27(2,3)25(33(24(35)16-34)14-19(12-30)17-36)26-31-23(21-11-20(28)9-10-22(21)29)15-32(26)13-18-7-5-4-6-8-18;6-3-1-2-4(7)5-3;3*1-2/h4-11,15,19,25,34,36H,12-14,16-17,30H2,1-3H3;1-2H,(H,5,6,7);3*1-2H3. The normalized spacial score (nSPS) is 12.8. The van der Waals surface area contributed by atoms with Gasteiger partial charge in [0.05, 0.1) is 11.7 Å². The average Bonchev–Trinajstić information content (AvgIpc) is 3.70. The molecule has 4 rings (SSSR count). The van der Waals surface area contributed by atoms with Crippen LogP contribution >= 0.6 is 12.6 Å². The fraction of sp³-hybridized carbons (Fsp3) is 0.459. The van der Waals surface area contributed by atoms with Gasteiger partial charge >= 0.3 is 0 Å². The van der Waals surface area contributed by atoms with E-state index in [1.54, 1.807) is 11.1 Å². The molecule has 1 aromatic heterocycles. The number of halogens is 2. The average molecular weight is 704 g/mol. The fourth-order valence-corrected chi connectivity index (χ4v) is 4.92. The van der Waals surface area contributed by atoms with Gasteiger partial charge in [0.2, 0.25) is 5.91 Å². The number of hydrogen-bond donors (Lipinski definition) is 4. The monoisotopic (exact) mass is 703 g/mol. The van der Waals surface area contributed by atoms with E-state index in [2.05, 4.69) is 12.6 Å². The van der Waals surface area contributed by atoms with Gasteiger partial charge in [-0.2, -0.15) is 12.6 Å². The summed E-state index contributed by atoms with van der Waals surface area (Å²) in [5.74, 6) is -1.44. The van der Waals surface area contributed by atoms with Crippen LogP contribution < -0.4 is 11.1 Å². The van der Waals surface area contributed by atoms with E-state index in [0.717, 1.165) is 23.8 Å². The molecule has 0 aliphatic carbocycles. The molecule has 0 fully saturated rings. The smallest absolute Gasteiger partial charge is 0.250 e. The number of nitrogens with zero attached hydrogens (tertiary/aromatic N) is 3. The largest absolute Gasteiger partial charge is 0.387 e. The van der Waals surface area contributed by atoms with E-state index in [1.165, 1.54) is 12.2 Å². The minimum absolute atomic E-state index is 0.0333. The molecule has 2 atom stereocenters. The maximum Gasteiger partial charge on any atom is 0.250 e. The number of nitrogens with two attached hydrogens (primary N) is 1. The fourth-order valence-electron chi connectivity index (χ4n) is 4.66. The topological polar surface area (TPSA) is 131 Å². The van der Waals surface area contributed by atoms with Crippen molar-refractivity contribution >= 4 is 30.4 Å². The maximum absolute atomic E-state index is 14.7. The van der Waals surface area contributed by atoms with Crippen LogP contribution in [0.15, 0.2) is 66.9 Å². The summed E-state index contributed by atoms with van der Waals surface area (Å²) in [5.41, 5.74) is 6.66. The van der Waals surface area contributed by atoms with Crippen LogP contribution in [0.25, 0.3) is 11.3 Å². The van der Waals surface area contributed by atoms with Crippen LogP contribution in [0.3, 0.4) is 0 Å². The minimum Gasteiger partial charge on any atom is -0.387 e. The Bertz CT molecular complexity index is 1440. The number of amides is 3. The molecular formula is C37H55F2N5O4S. The molecule has 0 bridgehead atoms. The summed E-state index contributed by atoms with van der Waals surface area (Å²) in [6.07, 6.45) is 4.07. The van der Waals surface area contributed by atoms with E-state index in [-0.39, 0.29) is 35.5 Å². The highest BCUT2D eigenvalue weighted by Crippen LogP contribution is 2.40. The van der Waals surface area contributed by atoms with Crippen molar-refractivity contribution < 1.29 is 28.3 Å². The van der Waals surface area contributed by atoms with Gasteiger partial charge in [0.1, 0.15) is 24.1 Å². The Morgan fingerprint density at radius 3 is 2.02 bits per heavy atom. The van der Waals surface area contributed by atoms with E-state index in [9.17, 15) is 28.3 Å². The SMILES string of the molecule is CC.CC.CC.CC(C)(C)C(c1nc(-c2cc(F)ccc2F)cn1Cc1ccccc1)N(CC(CN)CS)C(=O)CO.O=C1C=CC(=O)N1. The lowest BCUT2D eigenvalue weighted by Gasteiger charge is -2.41. The van der Waals surface area contributed by atoms with E-state index in [1.807, 2.05) is 103 Å². The molecule has 1 aliphatic rings. The number of nitrogens with one attached hydrogen (secondary N) is 1. The number of rotatable bonds is 10. The van der Waals surface area contributed by atoms with E-state index in [4.69, 9.17) is 10.7 Å². The number of aliphatic hydroxyl groups is 1. The van der Waals surface area contributed by atoms with E-state index >= 15 is 0 Å². The number of aromatic nitrogens is 2. The van der Waals surface area contributed by atoms with Gasteiger partial charge in [0, 0.05) is 37.0 Å². The second-order valence-corrected chi connectivity index (χ2v) is 11.5. The Labute approximate surface area is 296 Å². The van der Waals surface area contributed by atoms with Crippen molar-refractivity contribution in [3.05, 3.63) is 89.9 Å². The third-order valence-corrected chi connectivity index (χ3v) is 7.23. The predicted molar refractivity (Wildman–Crippen MR) is 197 cm³/mol. The van der Waals surface area contributed by atoms with Crippen LogP contribution in [0.1, 0.15) is 79.7 Å². The van der Waals surface area contributed by atoms with E-state index in [0.29, 0.717) is 24.7 Å². The molecule has 0 saturated heterocycles. The summed E-state index contributed by atoms with van der Waals surface area (Å²) in [6, 6.07) is 12.3. The molecular weight excluding hydrogens is 649 g/mol. The Morgan fingerprint density at radius 2 is 1.57 bits per heavy atom. The molecule has 2 heterocycles. The molecule has 49 heavy (non-hydrogen) atoms. The van der Waals surface area contributed by atoms with Gasteiger partial charge in [-0.25, -0.2) is 13.8 Å². The molecule has 0 radical (unpaired) electrons. The number of imidazole rings is 1. The van der Waals surface area contributed by atoms with Gasteiger partial charge in [0.25, 0.3) is 11.8 Å². The van der Waals surface area contributed by atoms with Gasteiger partial charge in [-0.15, -0.1) is 0 Å². The zero-order valence-electron chi connectivity index (χ0n) is 30.3. The first-order valence-corrected chi connectivity index (χ1v) is 17.3. The highest BCUT2D eigenvalue weighted by atomic mass is 32.1. The molecule has 4 N–H and O–H groups in total. The Morgan fingerprint density at radius 1 is 1.00 bits per heavy atom. The summed E-state index contributed by atoms with van der Waals surface area (Å²) in [6.45, 7) is 18.2. The summed E-state index contributed by atoms with van der Waals surface area (Å²) in [5, 5.41) is 11.8. The molecule has 0 spiro atoms. The number of aliphatic hydroxyl groups excluding tert-OH is 1. The van der Waals surface area contributed by atoms with Crippen LogP contribution in [0.5, 0.6) is 0 Å². The van der Waals surface area contributed by atoms with Crippen molar-refractivity contribution in [2.24, 2.45) is 17.1 Å². The van der Waals surface area contributed by atoms with Crippen molar-refractivity contribution in [3.63, 3.8) is 0 Å². The first-order chi connectivity index (χ1) is 23.4. The first-order valence-electron chi connectivity index (χ1n) is 16.7. The molecule has 1 aliphatic heterocycles. The number of carbonyl (C=O) groups is 3. The van der Waals surface area contributed by atoms with Gasteiger partial charge in [-0.05, 0) is 47.4 Å². The quantitative estimate of drug-likeness (QED) is 0.140. The summed E-state index contributed by atoms with van der Waals surface area (Å²) >= 11 is 4.38. The third kappa shape index (κ3) is 14.3. The zero-order chi connectivity index (χ0) is 37.7. The van der Waals surface area contributed by atoms with Gasteiger partial charge in [-0.3, -0.25) is 19.7 Å². The highest BCUT2D eigenvalue weighted by Gasteiger charge is 2.39. The van der Waals surface area contributed by atoms with Crippen LogP contribution in [0.4, 0.5) is 8.78 Å². The molecule has 12 heteroatoms. The molecule has 9 nitrogen and oxygen atoms in total. The third-order valence-electron chi connectivity index (χ3n) is 6.72. The van der Waals surface area contributed by atoms with Gasteiger partial charge < -0.3 is 20.3 Å². The summed E-state index contributed by atoms with van der Waals surface area (Å²) in [4.78, 5) is 39.5. The molecule has 2 unspecified atom stereocenters. The number of thiol groups is 1. The number of carbonyl (C=O) groups excluding carboxylic acids is 3. The van der Waals surface area contributed by atoms with Crippen molar-refractivity contribution in [1.29, 1.82) is 0 Å².